The van der Waals surface area contributed by atoms with Crippen LogP contribution in [-0.2, 0) is 16.0 Å². The second-order valence-corrected chi connectivity index (χ2v) is 6.89. The number of ether oxygens (including phenoxy) is 1. The van der Waals surface area contributed by atoms with E-state index in [1.54, 1.807) is 0 Å². The van der Waals surface area contributed by atoms with Crippen molar-refractivity contribution in [1.29, 1.82) is 0 Å². The first-order valence-electron chi connectivity index (χ1n) is 8.91. The molecule has 134 valence electrons. The lowest BCUT2D eigenvalue weighted by Gasteiger charge is -2.32. The predicted molar refractivity (Wildman–Crippen MR) is 95.3 cm³/mol. The van der Waals surface area contributed by atoms with Crippen LogP contribution in [0.4, 0.5) is 0 Å². The number of hydrogen-bond acceptors (Lipinski definition) is 4. The van der Waals surface area contributed by atoms with Crippen LogP contribution in [0.5, 0.6) is 0 Å². The van der Waals surface area contributed by atoms with Gasteiger partial charge in [0.2, 0.25) is 5.91 Å². The number of nitrogens with one attached hydrogen (secondary N) is 1. The van der Waals surface area contributed by atoms with Crippen molar-refractivity contribution >= 4 is 5.91 Å². The van der Waals surface area contributed by atoms with E-state index in [1.807, 2.05) is 13.8 Å². The second-order valence-electron chi connectivity index (χ2n) is 6.89. The van der Waals surface area contributed by atoms with Gasteiger partial charge in [0.1, 0.15) is 5.76 Å². The van der Waals surface area contributed by atoms with Crippen LogP contribution in [0.3, 0.4) is 0 Å². The highest BCUT2D eigenvalue weighted by Gasteiger charge is 2.28. The minimum Gasteiger partial charge on any atom is -0.373 e. The van der Waals surface area contributed by atoms with E-state index in [-0.39, 0.29) is 12.0 Å². The summed E-state index contributed by atoms with van der Waals surface area (Å²) in [4.78, 5) is 12.3. The Labute approximate surface area is 148 Å². The molecule has 2 heterocycles. The Morgan fingerprint density at radius 3 is 2.68 bits per heavy atom. The monoisotopic (exact) mass is 342 g/mol. The highest BCUT2D eigenvalue weighted by molar-refractivity contribution is 5.79. The fraction of sp³-hybridized carbons (Fsp3) is 0.500. The lowest BCUT2D eigenvalue weighted by molar-refractivity contribution is -0.121. The topological polar surface area (TPSA) is 64.4 Å². The van der Waals surface area contributed by atoms with E-state index in [0.717, 1.165) is 30.7 Å². The second kappa shape index (κ2) is 7.83. The molecule has 1 aliphatic heterocycles. The molecule has 1 aliphatic rings. The van der Waals surface area contributed by atoms with E-state index < -0.39 is 0 Å². The normalized spacial score (nSPS) is 20.4. The maximum atomic E-state index is 12.3. The van der Waals surface area contributed by atoms with Gasteiger partial charge in [0.15, 0.2) is 0 Å². The van der Waals surface area contributed by atoms with Gasteiger partial charge in [-0.2, -0.15) is 0 Å². The SMILES string of the molecule is Cc1ccc([C@@H]2OCCC[C@@H]2CNC(=O)Cc2c(C)noc2C)cc1. The van der Waals surface area contributed by atoms with Crippen LogP contribution in [-0.4, -0.2) is 24.2 Å². The smallest absolute Gasteiger partial charge is 0.224 e. The zero-order valence-electron chi connectivity index (χ0n) is 15.2. The van der Waals surface area contributed by atoms with Crippen molar-refractivity contribution < 1.29 is 14.1 Å². The van der Waals surface area contributed by atoms with E-state index in [2.05, 4.69) is 41.7 Å². The van der Waals surface area contributed by atoms with E-state index in [1.165, 1.54) is 11.1 Å². The van der Waals surface area contributed by atoms with Crippen LogP contribution >= 0.6 is 0 Å². The molecule has 1 aromatic heterocycles. The number of amides is 1. The molecule has 0 aliphatic carbocycles. The predicted octanol–water partition coefficient (Wildman–Crippen LogP) is 3.43. The molecule has 5 nitrogen and oxygen atoms in total. The summed E-state index contributed by atoms with van der Waals surface area (Å²) in [6.45, 7) is 7.19. The van der Waals surface area contributed by atoms with Gasteiger partial charge in [-0.05, 0) is 39.2 Å². The Kier molecular flexibility index (Phi) is 5.53. The van der Waals surface area contributed by atoms with Crippen LogP contribution in [0, 0.1) is 26.7 Å². The molecule has 0 radical (unpaired) electrons. The van der Waals surface area contributed by atoms with Gasteiger partial charge in [0.25, 0.3) is 0 Å². The molecule has 1 N–H and O–H groups in total. The molecule has 2 aromatic rings. The quantitative estimate of drug-likeness (QED) is 0.904. The van der Waals surface area contributed by atoms with Gasteiger partial charge in [-0.3, -0.25) is 4.79 Å². The number of rotatable bonds is 5. The Hall–Kier alpha value is -2.14. The van der Waals surface area contributed by atoms with Gasteiger partial charge in [0.05, 0.1) is 18.2 Å². The van der Waals surface area contributed by atoms with Crippen molar-refractivity contribution in [3.63, 3.8) is 0 Å². The van der Waals surface area contributed by atoms with E-state index in [9.17, 15) is 4.79 Å². The van der Waals surface area contributed by atoms with Crippen molar-refractivity contribution in [1.82, 2.24) is 10.5 Å². The van der Waals surface area contributed by atoms with Crippen molar-refractivity contribution in [2.45, 2.75) is 46.1 Å². The summed E-state index contributed by atoms with van der Waals surface area (Å²) in [6, 6.07) is 8.48. The zero-order valence-corrected chi connectivity index (χ0v) is 15.2. The molecule has 1 amide bonds. The molecular weight excluding hydrogens is 316 g/mol. The number of aryl methyl sites for hydroxylation is 3. The molecule has 1 fully saturated rings. The fourth-order valence-electron chi connectivity index (χ4n) is 3.40. The number of aromatic nitrogens is 1. The average Bonchev–Trinajstić information content (AvgIpc) is 2.93. The van der Waals surface area contributed by atoms with Crippen LogP contribution in [0.25, 0.3) is 0 Å². The van der Waals surface area contributed by atoms with E-state index in [4.69, 9.17) is 9.26 Å². The van der Waals surface area contributed by atoms with Crippen molar-refractivity contribution in [2.24, 2.45) is 5.92 Å². The molecule has 0 bridgehead atoms. The van der Waals surface area contributed by atoms with E-state index in [0.29, 0.717) is 24.6 Å². The highest BCUT2D eigenvalue weighted by Crippen LogP contribution is 2.33. The Bertz CT molecular complexity index is 702. The number of carbonyl (C=O) groups is 1. The molecule has 0 saturated carbocycles. The minimum absolute atomic E-state index is 0.00243. The van der Waals surface area contributed by atoms with Crippen molar-refractivity contribution in [3.05, 3.63) is 52.4 Å². The van der Waals surface area contributed by atoms with Gasteiger partial charge in [-0.15, -0.1) is 0 Å². The minimum atomic E-state index is 0.00243. The molecule has 3 rings (SSSR count). The zero-order chi connectivity index (χ0) is 17.8. The molecule has 25 heavy (non-hydrogen) atoms. The van der Waals surface area contributed by atoms with Crippen LogP contribution in [0.2, 0.25) is 0 Å². The fourth-order valence-corrected chi connectivity index (χ4v) is 3.40. The van der Waals surface area contributed by atoms with Gasteiger partial charge in [0, 0.05) is 24.6 Å². The molecule has 0 unspecified atom stereocenters. The summed E-state index contributed by atoms with van der Waals surface area (Å²) < 4.78 is 11.1. The molecule has 5 heteroatoms. The number of carbonyl (C=O) groups excluding carboxylic acids is 1. The lowest BCUT2D eigenvalue weighted by Crippen LogP contribution is -2.35. The summed E-state index contributed by atoms with van der Waals surface area (Å²) >= 11 is 0. The molecular formula is C20H26N2O3. The van der Waals surface area contributed by atoms with Gasteiger partial charge >= 0.3 is 0 Å². The van der Waals surface area contributed by atoms with Gasteiger partial charge in [-0.25, -0.2) is 0 Å². The molecule has 1 aromatic carbocycles. The summed E-state index contributed by atoms with van der Waals surface area (Å²) in [7, 11) is 0. The van der Waals surface area contributed by atoms with Crippen LogP contribution in [0.1, 0.15) is 47.1 Å². The van der Waals surface area contributed by atoms with Crippen molar-refractivity contribution in [3.8, 4) is 0 Å². The summed E-state index contributed by atoms with van der Waals surface area (Å²) in [5, 5.41) is 6.97. The highest BCUT2D eigenvalue weighted by atomic mass is 16.5. The molecule has 2 atom stereocenters. The van der Waals surface area contributed by atoms with Crippen LogP contribution < -0.4 is 5.32 Å². The average molecular weight is 342 g/mol. The number of hydrogen-bond donors (Lipinski definition) is 1. The summed E-state index contributed by atoms with van der Waals surface area (Å²) in [5.41, 5.74) is 4.10. The first kappa shape index (κ1) is 17.7. The Morgan fingerprint density at radius 1 is 1.24 bits per heavy atom. The maximum Gasteiger partial charge on any atom is 0.224 e. The lowest BCUT2D eigenvalue weighted by atomic mass is 9.89. The Balaban J connectivity index is 1.60. The third-order valence-electron chi connectivity index (χ3n) is 4.93. The van der Waals surface area contributed by atoms with E-state index >= 15 is 0 Å². The molecule has 0 spiro atoms. The first-order valence-corrected chi connectivity index (χ1v) is 8.91. The molecule has 1 saturated heterocycles. The van der Waals surface area contributed by atoms with Crippen molar-refractivity contribution in [2.75, 3.05) is 13.2 Å². The van der Waals surface area contributed by atoms with Crippen LogP contribution in [0.15, 0.2) is 28.8 Å². The largest absolute Gasteiger partial charge is 0.373 e. The number of benzene rings is 1. The summed E-state index contributed by atoms with van der Waals surface area (Å²) in [5.74, 6) is 1.01. The third-order valence-corrected chi connectivity index (χ3v) is 4.93. The first-order chi connectivity index (χ1) is 12.0. The number of nitrogens with zero attached hydrogens (tertiary/aromatic N) is 1. The van der Waals surface area contributed by atoms with Gasteiger partial charge < -0.3 is 14.6 Å². The summed E-state index contributed by atoms with van der Waals surface area (Å²) in [6.07, 6.45) is 2.45. The Morgan fingerprint density at radius 2 is 2.00 bits per heavy atom. The maximum absolute atomic E-state index is 12.3. The third kappa shape index (κ3) is 4.28. The standard InChI is InChI=1S/C20H26N2O3/c1-13-6-8-16(9-7-13)20-17(5-4-10-24-20)12-21-19(23)11-18-14(2)22-25-15(18)3/h6-9,17,20H,4-5,10-12H2,1-3H3,(H,21,23)/t17-,20+/m1/s1. The van der Waals surface area contributed by atoms with Gasteiger partial charge in [-0.1, -0.05) is 35.0 Å².